The number of nitrogens with zero attached hydrogens (tertiary/aromatic N) is 3. The molecule has 4 aromatic rings. The molecule has 0 saturated heterocycles. The van der Waals surface area contributed by atoms with Crippen molar-refractivity contribution in [3.8, 4) is 0 Å². The van der Waals surface area contributed by atoms with Crippen LogP contribution in [0.1, 0.15) is 35.1 Å². The third-order valence-corrected chi connectivity index (χ3v) is 7.15. The lowest BCUT2D eigenvalue weighted by atomic mass is 9.97. The zero-order valence-electron chi connectivity index (χ0n) is 20.7. The molecule has 0 radical (unpaired) electrons. The highest BCUT2D eigenvalue weighted by Crippen LogP contribution is 2.30. The van der Waals surface area contributed by atoms with Crippen LogP contribution in [-0.2, 0) is 16.1 Å². The van der Waals surface area contributed by atoms with Gasteiger partial charge in [0.2, 0.25) is 6.41 Å². The zero-order valence-corrected chi connectivity index (χ0v) is 21.5. The molecule has 9 heteroatoms. The Morgan fingerprint density at radius 1 is 1.14 bits per heavy atom. The molecule has 0 unspecified atom stereocenters. The Morgan fingerprint density at radius 2 is 1.84 bits per heavy atom. The molecule has 4 rings (SSSR count). The number of benzene rings is 3. The molecule has 8 nitrogen and oxygen atoms in total. The Hall–Kier alpha value is -3.95. The van der Waals surface area contributed by atoms with E-state index in [-0.39, 0.29) is 19.1 Å². The fourth-order valence-corrected chi connectivity index (χ4v) is 5.00. The Kier molecular flexibility index (Phi) is 8.37. The largest absolute Gasteiger partial charge is 0.451 e. The van der Waals surface area contributed by atoms with E-state index in [2.05, 4.69) is 9.97 Å². The standard InChI is InChI=1S/C28H28N4O4S/c1-18(32(16-34)15-21-14-30-19(2)31-27(21)29)26(11-12-33)37-17-36-28(35)25-13-20-7-3-4-8-22(20)23-9-5-6-10-24(23)25/h3-10,13-14,16,33H,11-12,15,17H2,1-2H3,(H2,29,30,31)/b26-18-. The molecule has 3 N–H and O–H groups in total. The van der Waals surface area contributed by atoms with Crippen LogP contribution in [0.25, 0.3) is 21.5 Å². The van der Waals surface area contributed by atoms with Crippen LogP contribution in [0.3, 0.4) is 0 Å². The van der Waals surface area contributed by atoms with Gasteiger partial charge in [-0.1, -0.05) is 60.3 Å². The first-order valence-corrected chi connectivity index (χ1v) is 12.7. The van der Waals surface area contributed by atoms with Crippen LogP contribution in [0, 0.1) is 6.92 Å². The average molecular weight is 517 g/mol. The molecule has 1 heterocycles. The highest BCUT2D eigenvalue weighted by atomic mass is 32.2. The summed E-state index contributed by atoms with van der Waals surface area (Å²) in [5.74, 6) is 0.436. The summed E-state index contributed by atoms with van der Waals surface area (Å²) in [6.07, 6.45) is 2.59. The molecule has 0 saturated carbocycles. The number of hydrogen-bond acceptors (Lipinski definition) is 8. The number of rotatable bonds is 10. The molecule has 190 valence electrons. The van der Waals surface area contributed by atoms with Gasteiger partial charge in [0.1, 0.15) is 17.6 Å². The number of nitrogens with two attached hydrogens (primary N) is 1. The number of carbonyl (C=O) groups excluding carboxylic acids is 2. The van der Waals surface area contributed by atoms with E-state index in [0.717, 1.165) is 26.5 Å². The molecule has 0 bridgehead atoms. The first-order valence-electron chi connectivity index (χ1n) is 11.7. The fraction of sp³-hybridized carbons (Fsp3) is 0.214. The summed E-state index contributed by atoms with van der Waals surface area (Å²) in [5.41, 5.74) is 7.72. The van der Waals surface area contributed by atoms with E-state index in [1.165, 1.54) is 16.7 Å². The van der Waals surface area contributed by atoms with Crippen LogP contribution < -0.4 is 5.73 Å². The number of fused-ring (bicyclic) bond motifs is 3. The lowest BCUT2D eigenvalue weighted by molar-refractivity contribution is -0.116. The van der Waals surface area contributed by atoms with Crippen molar-refractivity contribution in [3.05, 3.63) is 88.3 Å². The van der Waals surface area contributed by atoms with Crippen molar-refractivity contribution in [2.45, 2.75) is 26.8 Å². The number of aromatic nitrogens is 2. The topological polar surface area (TPSA) is 119 Å². The van der Waals surface area contributed by atoms with Gasteiger partial charge in [-0.15, -0.1) is 0 Å². The molecule has 37 heavy (non-hydrogen) atoms. The van der Waals surface area contributed by atoms with E-state index in [1.807, 2.05) is 54.6 Å². The van der Waals surface area contributed by atoms with Gasteiger partial charge >= 0.3 is 5.97 Å². The lowest BCUT2D eigenvalue weighted by Crippen LogP contribution is -2.22. The van der Waals surface area contributed by atoms with Crippen LogP contribution in [0.4, 0.5) is 5.82 Å². The van der Waals surface area contributed by atoms with Crippen molar-refractivity contribution < 1.29 is 19.4 Å². The number of aliphatic hydroxyl groups is 1. The van der Waals surface area contributed by atoms with E-state index in [4.69, 9.17) is 10.5 Å². The van der Waals surface area contributed by atoms with E-state index < -0.39 is 5.97 Å². The van der Waals surface area contributed by atoms with Crippen LogP contribution in [0.15, 0.2) is 71.4 Å². The van der Waals surface area contributed by atoms with Gasteiger partial charge in [-0.05, 0) is 41.5 Å². The van der Waals surface area contributed by atoms with Gasteiger partial charge in [0, 0.05) is 35.4 Å². The minimum atomic E-state index is -0.438. The van der Waals surface area contributed by atoms with Gasteiger partial charge in [-0.3, -0.25) is 4.79 Å². The molecule has 0 atom stereocenters. The number of anilines is 1. The quantitative estimate of drug-likeness (QED) is 0.134. The van der Waals surface area contributed by atoms with E-state index in [9.17, 15) is 14.7 Å². The lowest BCUT2D eigenvalue weighted by Gasteiger charge is -2.22. The summed E-state index contributed by atoms with van der Waals surface area (Å²) < 4.78 is 5.64. The third-order valence-electron chi connectivity index (χ3n) is 6.07. The highest BCUT2D eigenvalue weighted by molar-refractivity contribution is 8.02. The number of allylic oxidation sites excluding steroid dienone is 1. The summed E-state index contributed by atoms with van der Waals surface area (Å²) in [5, 5.41) is 13.4. The second-order valence-corrected chi connectivity index (χ2v) is 9.45. The van der Waals surface area contributed by atoms with Gasteiger partial charge in [-0.25, -0.2) is 14.8 Å². The van der Waals surface area contributed by atoms with Crippen LogP contribution in [0.2, 0.25) is 0 Å². The van der Waals surface area contributed by atoms with Crippen molar-refractivity contribution in [3.63, 3.8) is 0 Å². The van der Waals surface area contributed by atoms with Crippen molar-refractivity contribution >= 4 is 51.5 Å². The van der Waals surface area contributed by atoms with Crippen molar-refractivity contribution in [2.75, 3.05) is 18.3 Å². The third kappa shape index (κ3) is 5.90. The summed E-state index contributed by atoms with van der Waals surface area (Å²) in [7, 11) is 0. The molecule has 0 spiro atoms. The molecular weight excluding hydrogens is 488 g/mol. The molecule has 0 fully saturated rings. The van der Waals surface area contributed by atoms with E-state index in [1.54, 1.807) is 20.0 Å². The number of ether oxygens (including phenoxy) is 1. The van der Waals surface area contributed by atoms with Gasteiger partial charge < -0.3 is 20.5 Å². The van der Waals surface area contributed by atoms with Gasteiger partial charge in [-0.2, -0.15) is 0 Å². The van der Waals surface area contributed by atoms with Crippen LogP contribution >= 0.6 is 11.8 Å². The zero-order chi connectivity index (χ0) is 26.4. The molecular formula is C28H28N4O4S. The fourth-order valence-electron chi connectivity index (χ4n) is 4.13. The molecule has 1 aromatic heterocycles. The van der Waals surface area contributed by atoms with Crippen molar-refractivity contribution in [1.29, 1.82) is 0 Å². The average Bonchev–Trinajstić information content (AvgIpc) is 2.91. The van der Waals surface area contributed by atoms with Gasteiger partial charge in [0.15, 0.2) is 0 Å². The predicted octanol–water partition coefficient (Wildman–Crippen LogP) is 4.79. The minimum Gasteiger partial charge on any atom is -0.451 e. The van der Waals surface area contributed by atoms with Crippen molar-refractivity contribution in [2.24, 2.45) is 0 Å². The first-order chi connectivity index (χ1) is 17.9. The summed E-state index contributed by atoms with van der Waals surface area (Å²) >= 11 is 1.26. The number of thioether (sulfide) groups is 1. The van der Waals surface area contributed by atoms with Gasteiger partial charge in [0.05, 0.1) is 12.1 Å². The number of carbonyl (C=O) groups is 2. The maximum Gasteiger partial charge on any atom is 0.339 e. The first kappa shape index (κ1) is 26.1. The highest BCUT2D eigenvalue weighted by Gasteiger charge is 2.17. The number of nitrogen functional groups attached to an aromatic ring is 1. The Labute approximate surface area is 219 Å². The number of hydrogen-bond donors (Lipinski definition) is 2. The molecule has 0 aliphatic rings. The number of amides is 1. The molecule has 1 amide bonds. The smallest absolute Gasteiger partial charge is 0.339 e. The van der Waals surface area contributed by atoms with Crippen LogP contribution in [0.5, 0.6) is 0 Å². The SMILES string of the molecule is C/C(=C(\CCO)SCOC(=O)c1cc2ccccc2c2ccccc12)N(C=O)Cc1cnc(C)nc1N. The van der Waals surface area contributed by atoms with Crippen molar-refractivity contribution in [1.82, 2.24) is 14.9 Å². The maximum atomic E-state index is 13.1. The van der Waals surface area contributed by atoms with Crippen LogP contribution in [-0.4, -0.2) is 44.9 Å². The monoisotopic (exact) mass is 516 g/mol. The predicted molar refractivity (Wildman–Crippen MR) is 147 cm³/mol. The summed E-state index contributed by atoms with van der Waals surface area (Å²) in [6, 6.07) is 17.5. The summed E-state index contributed by atoms with van der Waals surface area (Å²) in [6.45, 7) is 3.57. The molecule has 0 aliphatic heterocycles. The van der Waals surface area contributed by atoms with E-state index >= 15 is 0 Å². The second-order valence-electron chi connectivity index (χ2n) is 8.43. The minimum absolute atomic E-state index is 0.0230. The maximum absolute atomic E-state index is 13.1. The Balaban J connectivity index is 1.52. The molecule has 0 aliphatic carbocycles. The summed E-state index contributed by atoms with van der Waals surface area (Å²) in [4.78, 5) is 35.5. The number of aliphatic hydroxyl groups excluding tert-OH is 1. The Bertz CT molecular complexity index is 1490. The molecule has 3 aromatic carbocycles. The van der Waals surface area contributed by atoms with Gasteiger partial charge in [0.25, 0.3) is 0 Å². The number of aryl methyl sites for hydroxylation is 1. The number of esters is 1. The Morgan fingerprint density at radius 3 is 2.54 bits per heavy atom. The second kappa shape index (κ2) is 11.9. The van der Waals surface area contributed by atoms with E-state index in [0.29, 0.717) is 41.3 Å². The normalized spacial score (nSPS) is 11.9.